The first-order chi connectivity index (χ1) is 5.41. The average molecular weight is 231 g/mol. The van der Waals surface area contributed by atoms with E-state index in [-0.39, 0.29) is 6.54 Å². The van der Waals surface area contributed by atoms with Crippen LogP contribution in [-0.4, -0.2) is 25.8 Å². The first kappa shape index (κ1) is 10.3. The van der Waals surface area contributed by atoms with E-state index in [4.69, 9.17) is 28.3 Å². The van der Waals surface area contributed by atoms with E-state index in [1.807, 2.05) is 0 Å². The summed E-state index contributed by atoms with van der Waals surface area (Å²) < 4.78 is 22.7. The molecule has 0 unspecified atom stereocenters. The second-order valence-electron chi connectivity index (χ2n) is 2.44. The van der Waals surface area contributed by atoms with Crippen LogP contribution in [0.2, 0.25) is 0 Å². The fourth-order valence-corrected chi connectivity index (χ4v) is 2.00. The number of nitrogens with zero attached hydrogens (tertiary/aromatic N) is 1. The molecule has 0 amide bonds. The predicted octanol–water partition coefficient (Wildman–Crippen LogP) is 0.585. The summed E-state index contributed by atoms with van der Waals surface area (Å²) in [7, 11) is -3.63. The van der Waals surface area contributed by atoms with Crippen molar-refractivity contribution in [1.82, 2.24) is 4.31 Å². The molecule has 1 heterocycles. The molecule has 0 aromatic carbocycles. The van der Waals surface area contributed by atoms with E-state index in [0.29, 0.717) is 23.0 Å². The van der Waals surface area contributed by atoms with Crippen LogP contribution in [0, 0.1) is 0 Å². The standard InChI is InChI=1S/C5H8Cl2N2O2S/c6-4-1-2-9(3-5(4)7)12(8,10)11/h1-3H2,(H2,8,10,11). The number of halogens is 2. The van der Waals surface area contributed by atoms with E-state index < -0.39 is 10.2 Å². The van der Waals surface area contributed by atoms with Crippen LogP contribution >= 0.6 is 23.2 Å². The van der Waals surface area contributed by atoms with Crippen molar-refractivity contribution >= 4 is 33.4 Å². The van der Waals surface area contributed by atoms with Gasteiger partial charge in [-0.25, -0.2) is 5.14 Å². The Labute approximate surface area is 81.1 Å². The van der Waals surface area contributed by atoms with E-state index in [1.54, 1.807) is 0 Å². The Morgan fingerprint density at radius 1 is 1.33 bits per heavy atom. The molecule has 0 aromatic rings. The fraction of sp³-hybridized carbons (Fsp3) is 0.600. The van der Waals surface area contributed by atoms with Crippen molar-refractivity contribution in [3.8, 4) is 0 Å². The van der Waals surface area contributed by atoms with E-state index in [2.05, 4.69) is 0 Å². The van der Waals surface area contributed by atoms with Crippen LogP contribution in [0.25, 0.3) is 0 Å². The molecule has 2 N–H and O–H groups in total. The van der Waals surface area contributed by atoms with Gasteiger partial charge in [-0.05, 0) is 6.42 Å². The van der Waals surface area contributed by atoms with Gasteiger partial charge in [0, 0.05) is 16.6 Å². The molecule has 0 aliphatic carbocycles. The highest BCUT2D eigenvalue weighted by Crippen LogP contribution is 2.24. The maximum atomic E-state index is 10.8. The minimum Gasteiger partial charge on any atom is -0.216 e. The van der Waals surface area contributed by atoms with Crippen molar-refractivity contribution in [2.45, 2.75) is 6.42 Å². The van der Waals surface area contributed by atoms with Gasteiger partial charge in [0.15, 0.2) is 0 Å². The van der Waals surface area contributed by atoms with Crippen LogP contribution in [0.15, 0.2) is 10.1 Å². The Hall–Kier alpha value is 0.190. The minimum atomic E-state index is -3.63. The summed E-state index contributed by atoms with van der Waals surface area (Å²) in [6.07, 6.45) is 0.427. The summed E-state index contributed by atoms with van der Waals surface area (Å²) in [6.45, 7) is 0.382. The highest BCUT2D eigenvalue weighted by atomic mass is 35.5. The lowest BCUT2D eigenvalue weighted by Crippen LogP contribution is -2.40. The molecule has 0 atom stereocenters. The Morgan fingerprint density at radius 2 is 1.92 bits per heavy atom. The van der Waals surface area contributed by atoms with Crippen molar-refractivity contribution in [2.75, 3.05) is 13.1 Å². The highest BCUT2D eigenvalue weighted by Gasteiger charge is 2.23. The van der Waals surface area contributed by atoms with Crippen molar-refractivity contribution in [3.05, 3.63) is 10.1 Å². The molecule has 0 saturated carbocycles. The third kappa shape index (κ3) is 2.34. The molecule has 7 heteroatoms. The van der Waals surface area contributed by atoms with Gasteiger partial charge < -0.3 is 0 Å². The molecule has 0 bridgehead atoms. The molecule has 0 radical (unpaired) electrons. The van der Waals surface area contributed by atoms with Gasteiger partial charge in [0.1, 0.15) is 0 Å². The zero-order valence-electron chi connectivity index (χ0n) is 6.13. The smallest absolute Gasteiger partial charge is 0.216 e. The van der Waals surface area contributed by atoms with Crippen LogP contribution < -0.4 is 5.14 Å². The van der Waals surface area contributed by atoms with Gasteiger partial charge in [0.25, 0.3) is 10.2 Å². The Kier molecular flexibility index (Phi) is 3.01. The lowest BCUT2D eigenvalue weighted by molar-refractivity contribution is 0.433. The van der Waals surface area contributed by atoms with Gasteiger partial charge in [0.2, 0.25) is 0 Å². The SMILES string of the molecule is NS(=O)(=O)N1CCC(Cl)=C(Cl)C1. The average Bonchev–Trinajstić information content (AvgIpc) is 1.92. The third-order valence-electron chi connectivity index (χ3n) is 1.55. The maximum Gasteiger partial charge on any atom is 0.277 e. The molecular weight excluding hydrogens is 223 g/mol. The molecule has 12 heavy (non-hydrogen) atoms. The fourth-order valence-electron chi connectivity index (χ4n) is 0.895. The first-order valence-electron chi connectivity index (χ1n) is 3.22. The number of hydrogen-bond acceptors (Lipinski definition) is 2. The monoisotopic (exact) mass is 230 g/mol. The summed E-state index contributed by atoms with van der Waals surface area (Å²) in [5.74, 6) is 0. The van der Waals surface area contributed by atoms with Crippen molar-refractivity contribution in [1.29, 1.82) is 0 Å². The molecule has 0 saturated heterocycles. The van der Waals surface area contributed by atoms with E-state index in [9.17, 15) is 8.42 Å². The van der Waals surface area contributed by atoms with E-state index in [1.165, 1.54) is 0 Å². The molecule has 4 nitrogen and oxygen atoms in total. The third-order valence-corrected chi connectivity index (χ3v) is 3.44. The second-order valence-corrected chi connectivity index (χ2v) is 4.90. The van der Waals surface area contributed by atoms with Gasteiger partial charge in [-0.3, -0.25) is 0 Å². The van der Waals surface area contributed by atoms with Crippen molar-refractivity contribution in [2.24, 2.45) is 5.14 Å². The van der Waals surface area contributed by atoms with Crippen LogP contribution in [-0.2, 0) is 10.2 Å². The van der Waals surface area contributed by atoms with E-state index >= 15 is 0 Å². The van der Waals surface area contributed by atoms with Crippen LogP contribution in [0.4, 0.5) is 0 Å². The lowest BCUT2D eigenvalue weighted by Gasteiger charge is -2.23. The number of rotatable bonds is 1. The Bertz CT molecular complexity index is 311. The maximum absolute atomic E-state index is 10.8. The summed E-state index contributed by atoms with van der Waals surface area (Å²) in [4.78, 5) is 0. The lowest BCUT2D eigenvalue weighted by atomic mass is 10.3. The molecule has 1 aliphatic rings. The largest absolute Gasteiger partial charge is 0.277 e. The van der Waals surface area contributed by atoms with Gasteiger partial charge >= 0.3 is 0 Å². The molecular formula is C5H8Cl2N2O2S. The van der Waals surface area contributed by atoms with Gasteiger partial charge in [-0.15, -0.1) is 0 Å². The van der Waals surface area contributed by atoms with E-state index in [0.717, 1.165) is 4.31 Å². The summed E-state index contributed by atoms with van der Waals surface area (Å²) in [5, 5.41) is 5.75. The van der Waals surface area contributed by atoms with Gasteiger partial charge in [-0.1, -0.05) is 23.2 Å². The summed E-state index contributed by atoms with van der Waals surface area (Å²) >= 11 is 11.3. The van der Waals surface area contributed by atoms with Crippen LogP contribution in [0.5, 0.6) is 0 Å². The molecule has 1 rings (SSSR count). The molecule has 70 valence electrons. The Morgan fingerprint density at radius 3 is 2.33 bits per heavy atom. The van der Waals surface area contributed by atoms with Crippen LogP contribution in [0.3, 0.4) is 0 Å². The van der Waals surface area contributed by atoms with Gasteiger partial charge in [-0.2, -0.15) is 12.7 Å². The summed E-state index contributed by atoms with van der Waals surface area (Å²) in [6, 6.07) is 0. The quantitative estimate of drug-likeness (QED) is 0.717. The second kappa shape index (κ2) is 3.51. The molecule has 1 aliphatic heterocycles. The number of hydrogen-bond donors (Lipinski definition) is 1. The van der Waals surface area contributed by atoms with Gasteiger partial charge in [0.05, 0.1) is 6.54 Å². The summed E-state index contributed by atoms with van der Waals surface area (Å²) in [5.41, 5.74) is 0. The first-order valence-corrected chi connectivity index (χ1v) is 5.48. The molecule has 0 fully saturated rings. The zero-order valence-corrected chi connectivity index (χ0v) is 8.45. The predicted molar refractivity (Wildman–Crippen MR) is 48.0 cm³/mol. The number of nitrogens with two attached hydrogens (primary N) is 1. The zero-order chi connectivity index (χ0) is 9.35. The highest BCUT2D eigenvalue weighted by molar-refractivity contribution is 7.86. The molecule has 0 spiro atoms. The van der Waals surface area contributed by atoms with Crippen molar-refractivity contribution in [3.63, 3.8) is 0 Å². The topological polar surface area (TPSA) is 63.4 Å². The van der Waals surface area contributed by atoms with Crippen LogP contribution in [0.1, 0.15) is 6.42 Å². The minimum absolute atomic E-state index is 0.0826. The Balaban J connectivity index is 2.81. The van der Waals surface area contributed by atoms with Crippen molar-refractivity contribution < 1.29 is 8.42 Å². The molecule has 0 aromatic heterocycles. The normalized spacial score (nSPS) is 21.6.